The molecule has 2 aliphatic rings. The highest BCUT2D eigenvalue weighted by molar-refractivity contribution is 5.99. The van der Waals surface area contributed by atoms with Gasteiger partial charge in [0.2, 0.25) is 0 Å². The summed E-state index contributed by atoms with van der Waals surface area (Å²) in [6, 6.07) is 6.26. The SMILES string of the molecule is CCOC(=O)c1cccc(N)c1N1CCN(C2CC2)CC1. The molecule has 5 nitrogen and oxygen atoms in total. The summed E-state index contributed by atoms with van der Waals surface area (Å²) in [5.41, 5.74) is 8.20. The zero-order valence-corrected chi connectivity index (χ0v) is 12.5. The molecule has 0 bridgehead atoms. The molecule has 2 fully saturated rings. The molecular formula is C16H23N3O2. The maximum atomic E-state index is 12.1. The maximum absolute atomic E-state index is 12.1. The summed E-state index contributed by atoms with van der Waals surface area (Å²) in [5, 5.41) is 0. The molecule has 0 amide bonds. The number of hydrogen-bond donors (Lipinski definition) is 1. The van der Waals surface area contributed by atoms with Crippen LogP contribution in [0.4, 0.5) is 11.4 Å². The van der Waals surface area contributed by atoms with Crippen LogP contribution in [0.2, 0.25) is 0 Å². The van der Waals surface area contributed by atoms with E-state index in [9.17, 15) is 4.79 Å². The monoisotopic (exact) mass is 289 g/mol. The van der Waals surface area contributed by atoms with Crippen LogP contribution in [0.1, 0.15) is 30.1 Å². The highest BCUT2D eigenvalue weighted by Gasteiger charge is 2.32. The molecule has 0 unspecified atom stereocenters. The number of rotatable bonds is 4. The van der Waals surface area contributed by atoms with Gasteiger partial charge >= 0.3 is 5.97 Å². The Morgan fingerprint density at radius 3 is 2.62 bits per heavy atom. The van der Waals surface area contributed by atoms with Gasteiger partial charge < -0.3 is 15.4 Å². The Balaban J connectivity index is 1.79. The van der Waals surface area contributed by atoms with Crippen molar-refractivity contribution in [3.05, 3.63) is 23.8 Å². The molecule has 5 heteroatoms. The fourth-order valence-corrected chi connectivity index (χ4v) is 3.04. The number of ether oxygens (including phenoxy) is 1. The molecule has 0 spiro atoms. The summed E-state index contributed by atoms with van der Waals surface area (Å²) in [7, 11) is 0. The largest absolute Gasteiger partial charge is 0.462 e. The number of carbonyl (C=O) groups is 1. The number of carbonyl (C=O) groups excluding carboxylic acids is 1. The molecule has 0 atom stereocenters. The van der Waals surface area contributed by atoms with Crippen molar-refractivity contribution < 1.29 is 9.53 Å². The molecule has 1 aromatic rings. The molecule has 1 saturated heterocycles. The van der Waals surface area contributed by atoms with E-state index in [1.807, 2.05) is 19.1 Å². The lowest BCUT2D eigenvalue weighted by Gasteiger charge is -2.37. The number of nitrogens with two attached hydrogens (primary N) is 1. The van der Waals surface area contributed by atoms with Crippen LogP contribution in [0.15, 0.2) is 18.2 Å². The lowest BCUT2D eigenvalue weighted by atomic mass is 10.1. The minimum Gasteiger partial charge on any atom is -0.462 e. The first kappa shape index (κ1) is 14.2. The predicted octanol–water partition coefficient (Wildman–Crippen LogP) is 1.73. The average molecular weight is 289 g/mol. The van der Waals surface area contributed by atoms with Crippen LogP contribution in [-0.2, 0) is 4.74 Å². The molecule has 0 radical (unpaired) electrons. The van der Waals surface area contributed by atoms with E-state index in [1.165, 1.54) is 12.8 Å². The van der Waals surface area contributed by atoms with E-state index < -0.39 is 0 Å². The maximum Gasteiger partial charge on any atom is 0.340 e. The van der Waals surface area contributed by atoms with Crippen LogP contribution >= 0.6 is 0 Å². The Labute approximate surface area is 125 Å². The highest BCUT2D eigenvalue weighted by atomic mass is 16.5. The number of piperazine rings is 1. The second-order valence-corrected chi connectivity index (χ2v) is 5.72. The minimum absolute atomic E-state index is 0.288. The van der Waals surface area contributed by atoms with Crippen molar-refractivity contribution in [2.75, 3.05) is 43.4 Å². The van der Waals surface area contributed by atoms with Gasteiger partial charge in [0.1, 0.15) is 0 Å². The number of hydrogen-bond acceptors (Lipinski definition) is 5. The molecule has 0 aromatic heterocycles. The highest BCUT2D eigenvalue weighted by Crippen LogP contribution is 2.32. The van der Waals surface area contributed by atoms with Crippen LogP contribution in [0.5, 0.6) is 0 Å². The molecule has 1 aliphatic carbocycles. The fourth-order valence-electron chi connectivity index (χ4n) is 3.04. The van der Waals surface area contributed by atoms with Gasteiger partial charge in [0.25, 0.3) is 0 Å². The Kier molecular flexibility index (Phi) is 4.01. The number of nitrogens with zero attached hydrogens (tertiary/aromatic N) is 2. The van der Waals surface area contributed by atoms with Crippen molar-refractivity contribution in [3.63, 3.8) is 0 Å². The number of anilines is 2. The van der Waals surface area contributed by atoms with Crippen LogP contribution in [-0.4, -0.2) is 49.7 Å². The van der Waals surface area contributed by atoms with Gasteiger partial charge in [-0.2, -0.15) is 0 Å². The summed E-state index contributed by atoms with van der Waals surface area (Å²) < 4.78 is 5.15. The molecule has 1 saturated carbocycles. The number of esters is 1. The normalized spacial score (nSPS) is 19.6. The number of para-hydroxylation sites is 1. The molecule has 114 valence electrons. The van der Waals surface area contributed by atoms with Crippen molar-refractivity contribution in [1.82, 2.24) is 4.90 Å². The quantitative estimate of drug-likeness (QED) is 0.676. The zero-order valence-electron chi connectivity index (χ0n) is 12.5. The number of benzene rings is 1. The third-order valence-electron chi connectivity index (χ3n) is 4.26. The standard InChI is InChI=1S/C16H23N3O2/c1-2-21-16(20)13-4-3-5-14(17)15(13)19-10-8-18(9-11-19)12-6-7-12/h3-5,12H,2,6-11,17H2,1H3. The van der Waals surface area contributed by atoms with Gasteiger partial charge in [0.05, 0.1) is 23.5 Å². The summed E-state index contributed by atoms with van der Waals surface area (Å²) >= 11 is 0. The van der Waals surface area contributed by atoms with Crippen LogP contribution in [0.3, 0.4) is 0 Å². The van der Waals surface area contributed by atoms with Gasteiger partial charge in [0.15, 0.2) is 0 Å². The Morgan fingerprint density at radius 2 is 2.00 bits per heavy atom. The Morgan fingerprint density at radius 1 is 1.29 bits per heavy atom. The molecule has 1 aromatic carbocycles. The van der Waals surface area contributed by atoms with E-state index in [1.54, 1.807) is 6.07 Å². The van der Waals surface area contributed by atoms with Gasteiger partial charge in [-0.3, -0.25) is 4.90 Å². The van der Waals surface area contributed by atoms with E-state index >= 15 is 0 Å². The van der Waals surface area contributed by atoms with E-state index in [-0.39, 0.29) is 5.97 Å². The topological polar surface area (TPSA) is 58.8 Å². The third-order valence-corrected chi connectivity index (χ3v) is 4.26. The van der Waals surface area contributed by atoms with Gasteiger partial charge in [-0.05, 0) is 31.9 Å². The lowest BCUT2D eigenvalue weighted by molar-refractivity contribution is 0.0527. The molecule has 3 rings (SSSR count). The first-order valence-electron chi connectivity index (χ1n) is 7.75. The summed E-state index contributed by atoms with van der Waals surface area (Å²) in [4.78, 5) is 16.9. The molecular weight excluding hydrogens is 266 g/mol. The van der Waals surface area contributed by atoms with Crippen molar-refractivity contribution >= 4 is 17.3 Å². The summed E-state index contributed by atoms with van der Waals surface area (Å²) in [5.74, 6) is -0.288. The molecule has 21 heavy (non-hydrogen) atoms. The average Bonchev–Trinajstić information content (AvgIpc) is 3.32. The van der Waals surface area contributed by atoms with Crippen LogP contribution < -0.4 is 10.6 Å². The van der Waals surface area contributed by atoms with Crippen LogP contribution in [0, 0.1) is 0 Å². The third kappa shape index (κ3) is 2.97. The lowest BCUT2D eigenvalue weighted by Crippen LogP contribution is -2.47. The second-order valence-electron chi connectivity index (χ2n) is 5.72. The number of nitrogen functional groups attached to an aromatic ring is 1. The first-order valence-corrected chi connectivity index (χ1v) is 7.75. The van der Waals surface area contributed by atoms with E-state index in [0.29, 0.717) is 17.9 Å². The van der Waals surface area contributed by atoms with Gasteiger partial charge in [-0.1, -0.05) is 6.07 Å². The van der Waals surface area contributed by atoms with Crippen molar-refractivity contribution in [2.45, 2.75) is 25.8 Å². The first-order chi connectivity index (χ1) is 10.2. The van der Waals surface area contributed by atoms with E-state index in [4.69, 9.17) is 10.5 Å². The van der Waals surface area contributed by atoms with Gasteiger partial charge in [0, 0.05) is 32.2 Å². The summed E-state index contributed by atoms with van der Waals surface area (Å²) in [6.07, 6.45) is 2.67. The molecule has 1 aliphatic heterocycles. The smallest absolute Gasteiger partial charge is 0.340 e. The Hall–Kier alpha value is -1.75. The zero-order chi connectivity index (χ0) is 14.8. The molecule has 1 heterocycles. The second kappa shape index (κ2) is 5.93. The van der Waals surface area contributed by atoms with Crippen molar-refractivity contribution in [2.24, 2.45) is 0 Å². The van der Waals surface area contributed by atoms with E-state index in [2.05, 4.69) is 9.80 Å². The van der Waals surface area contributed by atoms with Crippen molar-refractivity contribution in [3.8, 4) is 0 Å². The van der Waals surface area contributed by atoms with Gasteiger partial charge in [-0.15, -0.1) is 0 Å². The molecule has 2 N–H and O–H groups in total. The van der Waals surface area contributed by atoms with Crippen molar-refractivity contribution in [1.29, 1.82) is 0 Å². The minimum atomic E-state index is -0.288. The van der Waals surface area contributed by atoms with Crippen LogP contribution in [0.25, 0.3) is 0 Å². The van der Waals surface area contributed by atoms with Gasteiger partial charge in [-0.25, -0.2) is 4.79 Å². The Bertz CT molecular complexity index is 520. The predicted molar refractivity (Wildman–Crippen MR) is 83.6 cm³/mol. The van der Waals surface area contributed by atoms with E-state index in [0.717, 1.165) is 37.9 Å². The summed E-state index contributed by atoms with van der Waals surface area (Å²) in [6.45, 7) is 6.11. The fraction of sp³-hybridized carbons (Fsp3) is 0.562.